The van der Waals surface area contributed by atoms with Crippen molar-refractivity contribution in [2.45, 2.75) is 39.4 Å². The Balaban J connectivity index is 2.43. The van der Waals surface area contributed by atoms with Crippen LogP contribution < -0.4 is 0 Å². The van der Waals surface area contributed by atoms with Crippen LogP contribution >= 0.6 is 0 Å². The summed E-state index contributed by atoms with van der Waals surface area (Å²) in [4.78, 5) is 0. The third-order valence-electron chi connectivity index (χ3n) is 3.47. The van der Waals surface area contributed by atoms with E-state index in [1.54, 1.807) is 24.3 Å². The second kappa shape index (κ2) is 5.84. The zero-order valence-corrected chi connectivity index (χ0v) is 12.6. The molecule has 0 saturated heterocycles. The van der Waals surface area contributed by atoms with Crippen molar-refractivity contribution in [2.75, 3.05) is 0 Å². The highest BCUT2D eigenvalue weighted by Crippen LogP contribution is 2.34. The maximum atomic E-state index is 13.0. The Morgan fingerprint density at radius 2 is 1.82 bits per heavy atom. The highest BCUT2D eigenvalue weighted by atomic mass is 19.4. The number of rotatable bonds is 3. The molecular weight excluding hydrogens is 291 g/mol. The smallest absolute Gasteiger partial charge is 0.264 e. The highest BCUT2D eigenvalue weighted by Gasteiger charge is 2.38. The Hall–Kier alpha value is -2.29. The van der Waals surface area contributed by atoms with Gasteiger partial charge in [0.05, 0.1) is 18.2 Å². The van der Waals surface area contributed by atoms with Gasteiger partial charge in [0.25, 0.3) is 0 Å². The van der Waals surface area contributed by atoms with Crippen LogP contribution in [0.3, 0.4) is 0 Å². The Morgan fingerprint density at radius 3 is 2.27 bits per heavy atom. The third-order valence-corrected chi connectivity index (χ3v) is 3.47. The van der Waals surface area contributed by atoms with Crippen LogP contribution in [-0.2, 0) is 12.7 Å². The van der Waals surface area contributed by atoms with E-state index in [0.717, 1.165) is 5.56 Å². The van der Waals surface area contributed by atoms with E-state index in [0.29, 0.717) is 11.3 Å². The molecule has 0 aliphatic rings. The predicted octanol–water partition coefficient (Wildman–Crippen LogP) is 4.25. The number of halogens is 3. The first-order valence-corrected chi connectivity index (χ1v) is 6.87. The van der Waals surface area contributed by atoms with Gasteiger partial charge in [0.1, 0.15) is 0 Å². The molecule has 1 aromatic carbocycles. The highest BCUT2D eigenvalue weighted by molar-refractivity contribution is 5.33. The lowest BCUT2D eigenvalue weighted by molar-refractivity contribution is -0.141. The minimum Gasteiger partial charge on any atom is -0.264 e. The van der Waals surface area contributed by atoms with Crippen molar-refractivity contribution in [1.82, 2.24) is 9.78 Å². The summed E-state index contributed by atoms with van der Waals surface area (Å²) in [5.74, 6) is -0.0676. The van der Waals surface area contributed by atoms with Gasteiger partial charge in [0, 0.05) is 11.3 Å². The molecule has 2 rings (SSSR count). The van der Waals surface area contributed by atoms with Gasteiger partial charge in [0.15, 0.2) is 5.69 Å². The maximum absolute atomic E-state index is 13.0. The number of nitrogens with zero attached hydrogens (tertiary/aromatic N) is 3. The van der Waals surface area contributed by atoms with Crippen molar-refractivity contribution in [3.8, 4) is 6.07 Å². The van der Waals surface area contributed by atoms with Crippen LogP contribution in [0.15, 0.2) is 24.3 Å². The second-order valence-corrected chi connectivity index (χ2v) is 5.48. The van der Waals surface area contributed by atoms with Gasteiger partial charge in [-0.3, -0.25) is 4.68 Å². The fourth-order valence-corrected chi connectivity index (χ4v) is 2.54. The number of nitriles is 1. The van der Waals surface area contributed by atoms with Gasteiger partial charge in [-0.1, -0.05) is 26.0 Å². The molecule has 0 atom stereocenters. The van der Waals surface area contributed by atoms with E-state index in [-0.39, 0.29) is 18.0 Å². The summed E-state index contributed by atoms with van der Waals surface area (Å²) in [5, 5.41) is 12.5. The van der Waals surface area contributed by atoms with E-state index in [1.165, 1.54) is 11.6 Å². The van der Waals surface area contributed by atoms with Crippen molar-refractivity contribution in [1.29, 1.82) is 5.26 Å². The number of aromatic nitrogens is 2. The number of benzene rings is 1. The van der Waals surface area contributed by atoms with Crippen molar-refractivity contribution in [3.63, 3.8) is 0 Å². The number of alkyl halides is 3. The lowest BCUT2D eigenvalue weighted by atomic mass is 10.0. The summed E-state index contributed by atoms with van der Waals surface area (Å²) in [6.45, 7) is 5.40. The maximum Gasteiger partial charge on any atom is 0.435 e. The van der Waals surface area contributed by atoms with Gasteiger partial charge in [-0.2, -0.15) is 23.5 Å². The SMILES string of the molecule is Cc1c(C(F)(F)F)nn(Cc2ccc(C#N)cc2)c1C(C)C. The van der Waals surface area contributed by atoms with Crippen molar-refractivity contribution in [3.05, 3.63) is 52.3 Å². The molecule has 22 heavy (non-hydrogen) atoms. The molecule has 0 unspecified atom stereocenters. The standard InChI is InChI=1S/C16H16F3N3/c1-10(2)14-11(3)15(16(17,18)19)21-22(14)9-13-6-4-12(8-20)5-7-13/h4-7,10H,9H2,1-3H3. The molecule has 0 aliphatic heterocycles. The molecule has 0 amide bonds. The summed E-state index contributed by atoms with van der Waals surface area (Å²) in [6, 6.07) is 8.76. The first-order chi connectivity index (χ1) is 10.2. The normalized spacial score (nSPS) is 11.7. The molecule has 0 spiro atoms. The van der Waals surface area contributed by atoms with Crippen LogP contribution in [-0.4, -0.2) is 9.78 Å². The zero-order valence-electron chi connectivity index (χ0n) is 12.6. The molecular formula is C16H16F3N3. The lowest BCUT2D eigenvalue weighted by Gasteiger charge is -2.11. The number of hydrogen-bond acceptors (Lipinski definition) is 2. The summed E-state index contributed by atoms with van der Waals surface area (Å²) in [6.07, 6.45) is -4.45. The summed E-state index contributed by atoms with van der Waals surface area (Å²) < 4.78 is 40.5. The van der Waals surface area contributed by atoms with E-state index in [4.69, 9.17) is 5.26 Å². The first kappa shape index (κ1) is 16.1. The molecule has 0 radical (unpaired) electrons. The van der Waals surface area contributed by atoms with E-state index in [2.05, 4.69) is 5.10 Å². The van der Waals surface area contributed by atoms with Crippen molar-refractivity contribution >= 4 is 0 Å². The van der Waals surface area contributed by atoms with Crippen molar-refractivity contribution in [2.24, 2.45) is 0 Å². The summed E-state index contributed by atoms with van der Waals surface area (Å²) in [5.41, 5.74) is 1.25. The average molecular weight is 307 g/mol. The molecule has 6 heteroatoms. The van der Waals surface area contributed by atoms with Gasteiger partial charge in [-0.25, -0.2) is 0 Å². The Morgan fingerprint density at radius 1 is 1.23 bits per heavy atom. The quantitative estimate of drug-likeness (QED) is 0.850. The minimum absolute atomic E-state index is 0.0676. The molecule has 0 aliphatic carbocycles. The zero-order chi connectivity index (χ0) is 16.5. The van der Waals surface area contributed by atoms with Crippen LogP contribution in [0.1, 0.15) is 47.8 Å². The molecule has 2 aromatic rings. The molecule has 1 heterocycles. The molecule has 3 nitrogen and oxygen atoms in total. The van der Waals surface area contributed by atoms with Crippen LogP contribution in [0.2, 0.25) is 0 Å². The van der Waals surface area contributed by atoms with Crippen LogP contribution in [0.4, 0.5) is 13.2 Å². The Kier molecular flexibility index (Phi) is 4.27. The van der Waals surface area contributed by atoms with Gasteiger partial charge in [0.2, 0.25) is 0 Å². The molecule has 116 valence electrons. The van der Waals surface area contributed by atoms with E-state index in [9.17, 15) is 13.2 Å². The Bertz CT molecular complexity index is 704. The summed E-state index contributed by atoms with van der Waals surface area (Å²) in [7, 11) is 0. The summed E-state index contributed by atoms with van der Waals surface area (Å²) >= 11 is 0. The van der Waals surface area contributed by atoms with Gasteiger partial charge in [-0.15, -0.1) is 0 Å². The molecule has 0 fully saturated rings. The van der Waals surface area contributed by atoms with Crippen LogP contribution in [0.25, 0.3) is 0 Å². The largest absolute Gasteiger partial charge is 0.435 e. The Labute approximate surface area is 127 Å². The first-order valence-electron chi connectivity index (χ1n) is 6.87. The predicted molar refractivity (Wildman–Crippen MR) is 76.3 cm³/mol. The topological polar surface area (TPSA) is 41.6 Å². The van der Waals surface area contributed by atoms with E-state index in [1.807, 2.05) is 19.9 Å². The fraction of sp³-hybridized carbons (Fsp3) is 0.375. The third kappa shape index (κ3) is 3.14. The number of hydrogen-bond donors (Lipinski definition) is 0. The van der Waals surface area contributed by atoms with Gasteiger partial charge >= 0.3 is 6.18 Å². The average Bonchev–Trinajstić information content (AvgIpc) is 2.76. The monoisotopic (exact) mass is 307 g/mol. The fourth-order valence-electron chi connectivity index (χ4n) is 2.54. The minimum atomic E-state index is -4.45. The van der Waals surface area contributed by atoms with Crippen molar-refractivity contribution < 1.29 is 13.2 Å². The molecule has 0 bridgehead atoms. The van der Waals surface area contributed by atoms with Gasteiger partial charge in [-0.05, 0) is 30.5 Å². The van der Waals surface area contributed by atoms with E-state index >= 15 is 0 Å². The van der Waals surface area contributed by atoms with Crippen LogP contribution in [0.5, 0.6) is 0 Å². The lowest BCUT2D eigenvalue weighted by Crippen LogP contribution is -2.10. The van der Waals surface area contributed by atoms with E-state index < -0.39 is 11.9 Å². The van der Waals surface area contributed by atoms with Gasteiger partial charge < -0.3 is 0 Å². The molecule has 0 saturated carbocycles. The second-order valence-electron chi connectivity index (χ2n) is 5.48. The molecule has 1 aromatic heterocycles. The molecule has 0 N–H and O–H groups in total. The van der Waals surface area contributed by atoms with Crippen LogP contribution in [0, 0.1) is 18.3 Å².